The van der Waals surface area contributed by atoms with Gasteiger partial charge in [0.25, 0.3) is 5.91 Å². The van der Waals surface area contributed by atoms with Gasteiger partial charge in [0, 0.05) is 42.5 Å². The summed E-state index contributed by atoms with van der Waals surface area (Å²) >= 11 is 5.84. The lowest BCUT2D eigenvalue weighted by Gasteiger charge is -2.36. The number of anilines is 1. The van der Waals surface area contributed by atoms with E-state index in [1.165, 1.54) is 29.2 Å². The topological polar surface area (TPSA) is 60.5 Å². The maximum Gasteiger partial charge on any atom is 0.450 e. The first-order chi connectivity index (χ1) is 15.3. The van der Waals surface area contributed by atoms with E-state index in [9.17, 15) is 18.0 Å². The highest BCUT2D eigenvalue weighted by molar-refractivity contribution is 6.30. The van der Waals surface area contributed by atoms with Crippen LogP contribution >= 0.6 is 11.6 Å². The molecule has 5 nitrogen and oxygen atoms in total. The van der Waals surface area contributed by atoms with E-state index in [0.29, 0.717) is 29.2 Å². The van der Waals surface area contributed by atoms with E-state index < -0.39 is 23.4 Å². The van der Waals surface area contributed by atoms with Gasteiger partial charge in [0.15, 0.2) is 0 Å². The van der Waals surface area contributed by atoms with Gasteiger partial charge in [0.05, 0.1) is 17.2 Å². The Morgan fingerprint density at radius 1 is 1.00 bits per heavy atom. The summed E-state index contributed by atoms with van der Waals surface area (Å²) < 4.78 is 45.9. The highest BCUT2D eigenvalue weighted by Crippen LogP contribution is 2.38. The lowest BCUT2D eigenvalue weighted by Crippen LogP contribution is -2.49. The maximum absolute atomic E-state index is 13.6. The Bertz CT molecular complexity index is 1160. The van der Waals surface area contributed by atoms with Crippen molar-refractivity contribution >= 4 is 23.2 Å². The summed E-state index contributed by atoms with van der Waals surface area (Å²) in [6, 6.07) is 16.4. The van der Waals surface area contributed by atoms with Crippen molar-refractivity contribution in [1.29, 1.82) is 5.26 Å². The number of nitrogens with zero attached hydrogens (tertiary/aromatic N) is 3. The van der Waals surface area contributed by atoms with Crippen molar-refractivity contribution in [3.63, 3.8) is 0 Å². The molecule has 164 valence electrons. The van der Waals surface area contributed by atoms with Gasteiger partial charge in [-0.1, -0.05) is 11.6 Å². The normalized spacial score (nSPS) is 14.3. The Morgan fingerprint density at radius 3 is 2.19 bits per heavy atom. The van der Waals surface area contributed by atoms with Crippen LogP contribution in [0.5, 0.6) is 0 Å². The van der Waals surface area contributed by atoms with Gasteiger partial charge in [-0.25, -0.2) is 0 Å². The predicted molar refractivity (Wildman–Crippen MR) is 113 cm³/mol. The smallest absolute Gasteiger partial charge is 0.450 e. The van der Waals surface area contributed by atoms with Crippen molar-refractivity contribution in [2.24, 2.45) is 0 Å². The van der Waals surface area contributed by atoms with Crippen LogP contribution in [0.25, 0.3) is 11.3 Å². The van der Waals surface area contributed by atoms with Crippen LogP contribution in [0.3, 0.4) is 0 Å². The highest BCUT2D eigenvalue weighted by Gasteiger charge is 2.41. The van der Waals surface area contributed by atoms with Crippen LogP contribution in [0.1, 0.15) is 21.7 Å². The summed E-state index contributed by atoms with van der Waals surface area (Å²) in [5, 5.41) is 9.35. The first-order valence-corrected chi connectivity index (χ1v) is 10.2. The molecule has 0 spiro atoms. The summed E-state index contributed by atoms with van der Waals surface area (Å²) in [7, 11) is 0. The second kappa shape index (κ2) is 8.60. The fourth-order valence-corrected chi connectivity index (χ4v) is 3.73. The van der Waals surface area contributed by atoms with E-state index in [1.54, 1.807) is 12.1 Å². The predicted octanol–water partition coefficient (Wildman–Crippen LogP) is 5.45. The molecule has 0 atom stereocenters. The number of nitriles is 1. The zero-order chi connectivity index (χ0) is 22.9. The van der Waals surface area contributed by atoms with Crippen molar-refractivity contribution in [3.05, 3.63) is 76.5 Å². The Balaban J connectivity index is 1.54. The second-order valence-corrected chi connectivity index (χ2v) is 7.73. The molecule has 1 saturated heterocycles. The number of benzene rings is 2. The summed E-state index contributed by atoms with van der Waals surface area (Å²) in [6.45, 7) is 1.44. The van der Waals surface area contributed by atoms with Crippen molar-refractivity contribution in [2.45, 2.75) is 6.18 Å². The van der Waals surface area contributed by atoms with Crippen LogP contribution in [0.2, 0.25) is 5.02 Å². The Labute approximate surface area is 187 Å². The molecule has 0 unspecified atom stereocenters. The molecule has 0 bridgehead atoms. The Morgan fingerprint density at radius 2 is 1.62 bits per heavy atom. The third-order valence-corrected chi connectivity index (χ3v) is 5.53. The zero-order valence-corrected chi connectivity index (χ0v) is 17.5. The van der Waals surface area contributed by atoms with Crippen LogP contribution in [0.4, 0.5) is 18.9 Å². The van der Waals surface area contributed by atoms with E-state index in [4.69, 9.17) is 21.3 Å². The number of amides is 1. The van der Waals surface area contributed by atoms with Crippen LogP contribution < -0.4 is 4.90 Å². The molecule has 2 aromatic carbocycles. The summed E-state index contributed by atoms with van der Waals surface area (Å²) in [5.74, 6) is -2.07. The van der Waals surface area contributed by atoms with E-state index in [0.717, 1.165) is 11.8 Å². The molecular weight excluding hydrogens is 443 g/mol. The van der Waals surface area contributed by atoms with Crippen LogP contribution in [0, 0.1) is 11.3 Å². The number of hydrogen-bond acceptors (Lipinski definition) is 4. The Hall–Kier alpha value is -3.44. The van der Waals surface area contributed by atoms with Crippen molar-refractivity contribution in [2.75, 3.05) is 31.1 Å². The number of carbonyl (C=O) groups excluding carboxylic acids is 1. The van der Waals surface area contributed by atoms with Gasteiger partial charge in [0.2, 0.25) is 5.76 Å². The maximum atomic E-state index is 13.6. The molecule has 9 heteroatoms. The number of alkyl halides is 3. The SMILES string of the molecule is N#Cc1ccc(N2CCN(C(=O)c3cc(-c4ccc(Cl)cc4)oc3C(F)(F)F)CC2)cc1. The second-order valence-electron chi connectivity index (χ2n) is 7.30. The lowest BCUT2D eigenvalue weighted by molar-refractivity contribution is -0.153. The Kier molecular flexibility index (Phi) is 5.85. The summed E-state index contributed by atoms with van der Waals surface area (Å²) in [5.41, 5.74) is 1.32. The first-order valence-electron chi connectivity index (χ1n) is 9.77. The molecule has 1 aliphatic heterocycles. The summed E-state index contributed by atoms with van der Waals surface area (Å²) in [4.78, 5) is 16.4. The minimum Gasteiger partial charge on any atom is -0.451 e. The molecule has 1 amide bonds. The van der Waals surface area contributed by atoms with E-state index in [1.807, 2.05) is 17.0 Å². The number of rotatable bonds is 3. The standard InChI is InChI=1S/C23H17ClF3N3O2/c24-17-5-3-16(4-6-17)20-13-19(21(32-20)23(25,26)27)22(31)30-11-9-29(10-12-30)18-7-1-15(14-28)2-8-18/h1-8,13H,9-12H2. The monoisotopic (exact) mass is 459 g/mol. The molecule has 1 aliphatic rings. The first kappa shape index (κ1) is 21.8. The average molecular weight is 460 g/mol. The molecule has 32 heavy (non-hydrogen) atoms. The number of hydrogen-bond donors (Lipinski definition) is 0. The van der Waals surface area contributed by atoms with Gasteiger partial charge in [0.1, 0.15) is 5.76 Å². The van der Waals surface area contributed by atoms with Crippen molar-refractivity contribution in [1.82, 2.24) is 4.90 Å². The summed E-state index contributed by atoms with van der Waals surface area (Å²) in [6.07, 6.45) is -4.81. The molecule has 1 fully saturated rings. The third-order valence-electron chi connectivity index (χ3n) is 5.28. The van der Waals surface area contributed by atoms with Gasteiger partial charge in [-0.15, -0.1) is 0 Å². The molecule has 4 rings (SSSR count). The lowest BCUT2D eigenvalue weighted by atomic mass is 10.1. The number of piperazine rings is 1. The van der Waals surface area contributed by atoms with Gasteiger partial charge in [-0.3, -0.25) is 4.79 Å². The minimum atomic E-state index is -4.81. The minimum absolute atomic E-state index is 0.0476. The number of halogens is 4. The molecule has 1 aromatic heterocycles. The molecule has 0 saturated carbocycles. The number of carbonyl (C=O) groups is 1. The van der Waals surface area contributed by atoms with E-state index >= 15 is 0 Å². The molecule has 0 aliphatic carbocycles. The van der Waals surface area contributed by atoms with Crippen LogP contribution in [0.15, 0.2) is 59.0 Å². The largest absolute Gasteiger partial charge is 0.451 e. The van der Waals surface area contributed by atoms with Crippen molar-refractivity contribution < 1.29 is 22.4 Å². The van der Waals surface area contributed by atoms with Gasteiger partial charge >= 0.3 is 6.18 Å². The van der Waals surface area contributed by atoms with Gasteiger partial charge in [-0.2, -0.15) is 18.4 Å². The third kappa shape index (κ3) is 4.43. The van der Waals surface area contributed by atoms with Crippen LogP contribution in [-0.4, -0.2) is 37.0 Å². The van der Waals surface area contributed by atoms with Crippen LogP contribution in [-0.2, 0) is 6.18 Å². The zero-order valence-electron chi connectivity index (χ0n) is 16.7. The van der Waals surface area contributed by atoms with E-state index in [-0.39, 0.29) is 18.8 Å². The number of furan rings is 1. The molecule has 3 aromatic rings. The quantitative estimate of drug-likeness (QED) is 0.522. The average Bonchev–Trinajstić information content (AvgIpc) is 3.25. The molecule has 0 radical (unpaired) electrons. The van der Waals surface area contributed by atoms with Crippen molar-refractivity contribution in [3.8, 4) is 17.4 Å². The fraction of sp³-hybridized carbons (Fsp3) is 0.217. The highest BCUT2D eigenvalue weighted by atomic mass is 35.5. The van der Waals surface area contributed by atoms with Gasteiger partial charge < -0.3 is 14.2 Å². The van der Waals surface area contributed by atoms with E-state index in [2.05, 4.69) is 6.07 Å². The molecule has 2 heterocycles. The van der Waals surface area contributed by atoms with Gasteiger partial charge in [-0.05, 0) is 54.6 Å². The molecular formula is C23H17ClF3N3O2. The fourth-order valence-electron chi connectivity index (χ4n) is 3.60. The molecule has 0 N–H and O–H groups in total.